The average molecular weight is 195 g/mol. The zero-order valence-electron chi connectivity index (χ0n) is 7.93. The molecule has 1 atom stereocenters. The summed E-state index contributed by atoms with van der Waals surface area (Å²) in [6.07, 6.45) is 6.88. The summed E-state index contributed by atoms with van der Waals surface area (Å²) in [7, 11) is 1.50. The number of rotatable bonds is 3. The number of methoxy groups -OCH3 is 1. The number of allylic oxidation sites excluding steroid dienone is 4. The Bertz CT molecular complexity index is 315. The largest absolute Gasteiger partial charge is 0.504 e. The molecule has 0 aliphatic heterocycles. The second-order valence-electron chi connectivity index (χ2n) is 3.00. The summed E-state index contributed by atoms with van der Waals surface area (Å²) < 4.78 is 4.97. The van der Waals surface area contributed by atoms with Crippen LogP contribution in [0.4, 0.5) is 0 Å². The molecule has 0 radical (unpaired) electrons. The van der Waals surface area contributed by atoms with E-state index in [-0.39, 0.29) is 11.7 Å². The molecule has 1 amide bonds. The summed E-state index contributed by atoms with van der Waals surface area (Å²) in [6.45, 7) is 0. The summed E-state index contributed by atoms with van der Waals surface area (Å²) in [4.78, 5) is 10.5. The van der Waals surface area contributed by atoms with E-state index in [1.54, 1.807) is 18.2 Å². The van der Waals surface area contributed by atoms with E-state index in [1.807, 2.05) is 0 Å². The molecule has 14 heavy (non-hydrogen) atoms. The predicted octanol–water partition coefficient (Wildman–Crippen LogP) is 1.02. The third kappa shape index (κ3) is 2.65. The number of amides is 1. The van der Waals surface area contributed by atoms with Gasteiger partial charge in [-0.3, -0.25) is 4.79 Å². The molecule has 0 saturated carbocycles. The SMILES string of the molecule is COC1=C(O)C=CC(C=CC(N)=O)C1. The minimum absolute atomic E-state index is 0.0494. The molecule has 1 aliphatic rings. The van der Waals surface area contributed by atoms with E-state index in [0.29, 0.717) is 12.2 Å². The van der Waals surface area contributed by atoms with Gasteiger partial charge in [0.15, 0.2) is 5.76 Å². The number of ether oxygens (including phenoxy) is 1. The molecule has 3 N–H and O–H groups in total. The highest BCUT2D eigenvalue weighted by Gasteiger charge is 2.14. The van der Waals surface area contributed by atoms with E-state index < -0.39 is 5.91 Å². The normalized spacial score (nSPS) is 21.6. The van der Waals surface area contributed by atoms with Gasteiger partial charge in [-0.1, -0.05) is 12.2 Å². The Balaban J connectivity index is 2.65. The zero-order chi connectivity index (χ0) is 10.6. The van der Waals surface area contributed by atoms with Crippen LogP contribution in [0.2, 0.25) is 0 Å². The number of aliphatic hydroxyl groups excluding tert-OH is 1. The molecule has 1 aliphatic carbocycles. The van der Waals surface area contributed by atoms with Crippen LogP contribution >= 0.6 is 0 Å². The number of nitrogens with two attached hydrogens (primary N) is 1. The summed E-state index contributed by atoms with van der Waals surface area (Å²) >= 11 is 0. The van der Waals surface area contributed by atoms with Gasteiger partial charge in [0.1, 0.15) is 5.76 Å². The summed E-state index contributed by atoms with van der Waals surface area (Å²) in [5.74, 6) is 0.229. The number of carbonyl (C=O) groups excluding carboxylic acids is 1. The molecule has 0 aromatic rings. The Labute approximate surface area is 82.4 Å². The molecule has 0 saturated heterocycles. The van der Waals surface area contributed by atoms with Crippen molar-refractivity contribution in [2.45, 2.75) is 6.42 Å². The van der Waals surface area contributed by atoms with Gasteiger partial charge >= 0.3 is 0 Å². The van der Waals surface area contributed by atoms with Crippen molar-refractivity contribution in [2.24, 2.45) is 11.7 Å². The van der Waals surface area contributed by atoms with Crippen molar-refractivity contribution < 1.29 is 14.6 Å². The highest BCUT2D eigenvalue weighted by molar-refractivity contribution is 5.85. The quantitative estimate of drug-likeness (QED) is 0.660. The lowest BCUT2D eigenvalue weighted by atomic mass is 9.98. The average Bonchev–Trinajstić information content (AvgIpc) is 2.16. The van der Waals surface area contributed by atoms with E-state index in [4.69, 9.17) is 10.5 Å². The fraction of sp³-hybridized carbons (Fsp3) is 0.300. The lowest BCUT2D eigenvalue weighted by molar-refractivity contribution is -0.113. The smallest absolute Gasteiger partial charge is 0.241 e. The Morgan fingerprint density at radius 3 is 3.07 bits per heavy atom. The molecule has 0 bridgehead atoms. The molecule has 0 spiro atoms. The van der Waals surface area contributed by atoms with Crippen molar-refractivity contribution in [3.63, 3.8) is 0 Å². The second kappa shape index (κ2) is 4.50. The molecule has 0 fully saturated rings. The minimum atomic E-state index is -0.476. The van der Waals surface area contributed by atoms with Crippen LogP contribution in [0, 0.1) is 5.92 Å². The van der Waals surface area contributed by atoms with E-state index in [9.17, 15) is 9.90 Å². The maximum absolute atomic E-state index is 10.5. The van der Waals surface area contributed by atoms with Gasteiger partial charge in [-0.2, -0.15) is 0 Å². The molecule has 0 heterocycles. The molecule has 1 unspecified atom stereocenters. The number of carbonyl (C=O) groups is 1. The Morgan fingerprint density at radius 1 is 1.79 bits per heavy atom. The molecule has 4 heteroatoms. The van der Waals surface area contributed by atoms with Crippen LogP contribution in [0.15, 0.2) is 35.8 Å². The van der Waals surface area contributed by atoms with Gasteiger partial charge in [-0.05, 0) is 12.2 Å². The van der Waals surface area contributed by atoms with Crippen molar-refractivity contribution in [1.29, 1.82) is 0 Å². The van der Waals surface area contributed by atoms with Gasteiger partial charge in [-0.15, -0.1) is 0 Å². The molecular formula is C10H13NO3. The van der Waals surface area contributed by atoms with Crippen LogP contribution in [0.1, 0.15) is 6.42 Å². The highest BCUT2D eigenvalue weighted by atomic mass is 16.5. The van der Waals surface area contributed by atoms with Gasteiger partial charge < -0.3 is 15.6 Å². The lowest BCUT2D eigenvalue weighted by Gasteiger charge is -2.15. The molecule has 0 aromatic heterocycles. The van der Waals surface area contributed by atoms with Crippen LogP contribution in [0.3, 0.4) is 0 Å². The molecule has 76 valence electrons. The minimum Gasteiger partial charge on any atom is -0.504 e. The second-order valence-corrected chi connectivity index (χ2v) is 3.00. The van der Waals surface area contributed by atoms with E-state index >= 15 is 0 Å². The van der Waals surface area contributed by atoms with Crippen LogP contribution in [0.5, 0.6) is 0 Å². The number of hydrogen-bond acceptors (Lipinski definition) is 3. The monoisotopic (exact) mass is 195 g/mol. The predicted molar refractivity (Wildman–Crippen MR) is 52.2 cm³/mol. The zero-order valence-corrected chi connectivity index (χ0v) is 7.93. The number of aliphatic hydroxyl groups is 1. The maximum atomic E-state index is 10.5. The summed E-state index contributed by atoms with van der Waals surface area (Å²) in [5.41, 5.74) is 4.96. The fourth-order valence-corrected chi connectivity index (χ4v) is 1.23. The van der Waals surface area contributed by atoms with Crippen molar-refractivity contribution in [3.8, 4) is 0 Å². The molecule has 0 aromatic carbocycles. The standard InChI is InChI=1S/C10H13NO3/c1-14-9-6-7(2-4-8(9)12)3-5-10(11)13/h2-5,7,12H,6H2,1H3,(H2,11,13). The molecule has 4 nitrogen and oxygen atoms in total. The van der Waals surface area contributed by atoms with Gasteiger partial charge in [0.2, 0.25) is 5.91 Å². The first kappa shape index (κ1) is 10.4. The Kier molecular flexibility index (Phi) is 3.34. The number of primary amides is 1. The van der Waals surface area contributed by atoms with Gasteiger partial charge in [-0.25, -0.2) is 0 Å². The van der Waals surface area contributed by atoms with Crippen molar-refractivity contribution >= 4 is 5.91 Å². The third-order valence-electron chi connectivity index (χ3n) is 1.96. The van der Waals surface area contributed by atoms with Crippen molar-refractivity contribution in [3.05, 3.63) is 35.8 Å². The van der Waals surface area contributed by atoms with Crippen LogP contribution < -0.4 is 5.73 Å². The Morgan fingerprint density at radius 2 is 2.50 bits per heavy atom. The molecule has 1 rings (SSSR count). The first-order valence-corrected chi connectivity index (χ1v) is 4.25. The highest BCUT2D eigenvalue weighted by Crippen LogP contribution is 2.23. The first-order chi connectivity index (χ1) is 6.63. The van der Waals surface area contributed by atoms with E-state index in [0.717, 1.165) is 0 Å². The summed E-state index contributed by atoms with van der Waals surface area (Å²) in [6, 6.07) is 0. The van der Waals surface area contributed by atoms with Crippen molar-refractivity contribution in [1.82, 2.24) is 0 Å². The van der Waals surface area contributed by atoms with Gasteiger partial charge in [0, 0.05) is 12.3 Å². The Hall–Kier alpha value is -1.71. The molecular weight excluding hydrogens is 182 g/mol. The first-order valence-electron chi connectivity index (χ1n) is 4.25. The third-order valence-corrected chi connectivity index (χ3v) is 1.96. The van der Waals surface area contributed by atoms with Crippen LogP contribution in [-0.4, -0.2) is 18.1 Å². The topological polar surface area (TPSA) is 72.6 Å². The lowest BCUT2D eigenvalue weighted by Crippen LogP contribution is -2.09. The van der Waals surface area contributed by atoms with Crippen LogP contribution in [0.25, 0.3) is 0 Å². The fourth-order valence-electron chi connectivity index (χ4n) is 1.23. The van der Waals surface area contributed by atoms with Gasteiger partial charge in [0.25, 0.3) is 0 Å². The maximum Gasteiger partial charge on any atom is 0.241 e. The van der Waals surface area contributed by atoms with Crippen LogP contribution in [-0.2, 0) is 9.53 Å². The van der Waals surface area contributed by atoms with Gasteiger partial charge in [0.05, 0.1) is 7.11 Å². The van der Waals surface area contributed by atoms with E-state index in [1.165, 1.54) is 13.2 Å². The van der Waals surface area contributed by atoms with Crippen molar-refractivity contribution in [2.75, 3.05) is 7.11 Å². The summed E-state index contributed by atoms with van der Waals surface area (Å²) in [5, 5.41) is 9.32. The van der Waals surface area contributed by atoms with E-state index in [2.05, 4.69) is 0 Å². The number of hydrogen-bond donors (Lipinski definition) is 2.